The first-order valence-electron chi connectivity index (χ1n) is 3.90. The molecule has 0 fully saturated rings. The molecule has 0 spiro atoms. The van der Waals surface area contributed by atoms with Crippen molar-refractivity contribution >= 4 is 11.3 Å². The molecule has 2 heterocycles. The number of hydrogen-bond acceptors (Lipinski definition) is 3. The fraction of sp³-hybridized carbons (Fsp3) is 0.111. The maximum Gasteiger partial charge on any atom is 0.159 e. The van der Waals surface area contributed by atoms with Crippen LogP contribution in [0.15, 0.2) is 24.5 Å². The van der Waals surface area contributed by atoms with E-state index in [-0.39, 0.29) is 0 Å². The van der Waals surface area contributed by atoms with Crippen molar-refractivity contribution in [2.45, 2.75) is 0 Å². The molecule has 2 rings (SSSR count). The van der Waals surface area contributed by atoms with E-state index in [1.165, 1.54) is 0 Å². The maximum absolute atomic E-state index is 8.62. The third-order valence-corrected chi connectivity index (χ3v) is 1.85. The van der Waals surface area contributed by atoms with Crippen LogP contribution in [-0.2, 0) is 0 Å². The summed E-state index contributed by atoms with van der Waals surface area (Å²) in [6.45, 7) is 0. The number of pyridine rings is 1. The lowest BCUT2D eigenvalue weighted by Crippen LogP contribution is -1.90. The van der Waals surface area contributed by atoms with Crippen molar-refractivity contribution in [1.29, 1.82) is 5.26 Å². The molecule has 1 N–H and O–H groups in total. The second-order valence-electron chi connectivity index (χ2n) is 2.67. The molecule has 0 amide bonds. The minimum Gasteiger partial charge on any atom is -0.387 e. The van der Waals surface area contributed by atoms with E-state index in [1.54, 1.807) is 6.20 Å². The van der Waals surface area contributed by atoms with Crippen molar-refractivity contribution in [3.63, 3.8) is 0 Å². The first-order valence-corrected chi connectivity index (χ1v) is 3.90. The summed E-state index contributed by atoms with van der Waals surface area (Å²) in [5, 5.41) is 11.6. The molecular weight excluding hydrogens is 164 g/mol. The van der Waals surface area contributed by atoms with E-state index >= 15 is 0 Å². The zero-order valence-corrected chi connectivity index (χ0v) is 7.15. The van der Waals surface area contributed by atoms with E-state index in [0.717, 1.165) is 11.3 Å². The monoisotopic (exact) mass is 172 g/mol. The lowest BCUT2D eigenvalue weighted by Gasteiger charge is -1.99. The second-order valence-corrected chi connectivity index (χ2v) is 2.67. The van der Waals surface area contributed by atoms with Crippen LogP contribution in [0.2, 0.25) is 0 Å². The Morgan fingerprint density at radius 2 is 2.31 bits per heavy atom. The number of nitriles is 1. The predicted octanol–water partition coefficient (Wildman–Crippen LogP) is 1.25. The fourth-order valence-electron chi connectivity index (χ4n) is 1.19. The van der Waals surface area contributed by atoms with Crippen LogP contribution in [0.3, 0.4) is 0 Å². The van der Waals surface area contributed by atoms with Gasteiger partial charge in [-0.15, -0.1) is 0 Å². The first kappa shape index (κ1) is 7.62. The second kappa shape index (κ2) is 2.79. The van der Waals surface area contributed by atoms with Crippen LogP contribution in [0.4, 0.5) is 5.69 Å². The van der Waals surface area contributed by atoms with Crippen LogP contribution in [0, 0.1) is 11.3 Å². The molecule has 0 unspecified atom stereocenters. The molecule has 0 saturated carbocycles. The van der Waals surface area contributed by atoms with Gasteiger partial charge < -0.3 is 9.72 Å². The van der Waals surface area contributed by atoms with E-state index in [0.29, 0.717) is 5.69 Å². The number of imidazole rings is 1. The summed E-state index contributed by atoms with van der Waals surface area (Å²) >= 11 is 0. The predicted molar refractivity (Wildman–Crippen MR) is 49.5 cm³/mol. The van der Waals surface area contributed by atoms with E-state index in [4.69, 9.17) is 5.26 Å². The number of fused-ring (bicyclic) bond motifs is 1. The molecule has 0 aliphatic heterocycles. The van der Waals surface area contributed by atoms with E-state index in [9.17, 15) is 0 Å². The molecular formula is C9H8N4. The molecule has 0 aliphatic rings. The Hall–Kier alpha value is -2.02. The highest BCUT2D eigenvalue weighted by Crippen LogP contribution is 2.10. The van der Waals surface area contributed by atoms with Crippen LogP contribution in [0.25, 0.3) is 5.65 Å². The average molecular weight is 172 g/mol. The summed E-state index contributed by atoms with van der Waals surface area (Å²) in [5.41, 5.74) is 2.22. The standard InChI is InChI=1S/C9H8N4/c1-11-7-2-3-9-12-8(4-10)6-13(9)5-7/h2-3,5-6,11H,1H3. The Kier molecular flexibility index (Phi) is 1.64. The van der Waals surface area contributed by atoms with Gasteiger partial charge in [0.25, 0.3) is 0 Å². The highest BCUT2D eigenvalue weighted by molar-refractivity contribution is 5.51. The van der Waals surface area contributed by atoms with Gasteiger partial charge in [-0.25, -0.2) is 4.98 Å². The summed E-state index contributed by atoms with van der Waals surface area (Å²) in [5.74, 6) is 0. The molecule has 2 aromatic rings. The Morgan fingerprint density at radius 1 is 1.46 bits per heavy atom. The summed E-state index contributed by atoms with van der Waals surface area (Å²) in [6.07, 6.45) is 3.60. The number of nitrogens with one attached hydrogen (secondary N) is 1. The van der Waals surface area contributed by atoms with Crippen molar-refractivity contribution in [2.24, 2.45) is 0 Å². The topological polar surface area (TPSA) is 53.1 Å². The average Bonchev–Trinajstić information content (AvgIpc) is 2.58. The minimum absolute atomic E-state index is 0.438. The van der Waals surface area contributed by atoms with E-state index in [2.05, 4.69) is 10.3 Å². The number of aromatic nitrogens is 2. The summed E-state index contributed by atoms with van der Waals surface area (Å²) in [4.78, 5) is 4.08. The van der Waals surface area contributed by atoms with Crippen molar-refractivity contribution in [3.8, 4) is 6.07 Å². The highest BCUT2D eigenvalue weighted by atomic mass is 15.0. The van der Waals surface area contributed by atoms with Crippen molar-refractivity contribution in [1.82, 2.24) is 9.38 Å². The van der Waals surface area contributed by atoms with Gasteiger partial charge in [-0.3, -0.25) is 0 Å². The smallest absolute Gasteiger partial charge is 0.159 e. The highest BCUT2D eigenvalue weighted by Gasteiger charge is 1.99. The third-order valence-electron chi connectivity index (χ3n) is 1.85. The number of hydrogen-bond donors (Lipinski definition) is 1. The van der Waals surface area contributed by atoms with Crippen LogP contribution in [0.5, 0.6) is 0 Å². The van der Waals surface area contributed by atoms with Gasteiger partial charge in [0.05, 0.1) is 5.69 Å². The van der Waals surface area contributed by atoms with Crippen molar-refractivity contribution in [2.75, 3.05) is 12.4 Å². The van der Waals surface area contributed by atoms with Gasteiger partial charge in [0.1, 0.15) is 11.7 Å². The summed E-state index contributed by atoms with van der Waals surface area (Å²) in [6, 6.07) is 5.79. The normalized spacial score (nSPS) is 9.85. The molecule has 13 heavy (non-hydrogen) atoms. The molecule has 0 aromatic carbocycles. The van der Waals surface area contributed by atoms with Gasteiger partial charge >= 0.3 is 0 Å². The van der Waals surface area contributed by atoms with Crippen LogP contribution in [0.1, 0.15) is 5.69 Å². The SMILES string of the molecule is CNc1ccc2nc(C#N)cn2c1. The van der Waals surface area contributed by atoms with E-state index in [1.807, 2.05) is 35.8 Å². The number of nitrogens with zero attached hydrogens (tertiary/aromatic N) is 3. The van der Waals surface area contributed by atoms with Crippen molar-refractivity contribution < 1.29 is 0 Å². The van der Waals surface area contributed by atoms with Gasteiger partial charge in [0, 0.05) is 19.4 Å². The zero-order valence-electron chi connectivity index (χ0n) is 7.15. The molecule has 0 atom stereocenters. The molecule has 0 radical (unpaired) electrons. The Bertz CT molecular complexity index is 478. The maximum atomic E-state index is 8.62. The largest absolute Gasteiger partial charge is 0.387 e. The summed E-state index contributed by atoms with van der Waals surface area (Å²) in [7, 11) is 1.85. The van der Waals surface area contributed by atoms with Gasteiger partial charge in [-0.05, 0) is 12.1 Å². The Labute approximate surface area is 75.4 Å². The van der Waals surface area contributed by atoms with Crippen LogP contribution in [-0.4, -0.2) is 16.4 Å². The van der Waals surface area contributed by atoms with Gasteiger partial charge in [0.15, 0.2) is 5.69 Å². The third kappa shape index (κ3) is 1.20. The fourth-order valence-corrected chi connectivity index (χ4v) is 1.19. The molecule has 4 nitrogen and oxygen atoms in total. The Morgan fingerprint density at radius 3 is 3.00 bits per heavy atom. The molecule has 64 valence electrons. The van der Waals surface area contributed by atoms with Crippen LogP contribution < -0.4 is 5.32 Å². The quantitative estimate of drug-likeness (QED) is 0.704. The lowest BCUT2D eigenvalue weighted by atomic mass is 10.4. The molecule has 0 saturated heterocycles. The molecule has 0 aliphatic carbocycles. The first-order chi connectivity index (χ1) is 6.33. The minimum atomic E-state index is 0.438. The van der Waals surface area contributed by atoms with Gasteiger partial charge in [0.2, 0.25) is 0 Å². The van der Waals surface area contributed by atoms with Gasteiger partial charge in [-0.2, -0.15) is 5.26 Å². The van der Waals surface area contributed by atoms with E-state index < -0.39 is 0 Å². The Balaban J connectivity index is 2.65. The molecule has 4 heteroatoms. The lowest BCUT2D eigenvalue weighted by molar-refractivity contribution is 1.18. The number of anilines is 1. The summed E-state index contributed by atoms with van der Waals surface area (Å²) < 4.78 is 1.82. The van der Waals surface area contributed by atoms with Crippen molar-refractivity contribution in [3.05, 3.63) is 30.2 Å². The van der Waals surface area contributed by atoms with Crippen LogP contribution >= 0.6 is 0 Å². The van der Waals surface area contributed by atoms with Gasteiger partial charge in [-0.1, -0.05) is 0 Å². The number of rotatable bonds is 1. The zero-order chi connectivity index (χ0) is 9.26. The molecule has 0 bridgehead atoms. The molecule has 2 aromatic heterocycles.